The van der Waals surface area contributed by atoms with Gasteiger partial charge in [-0.2, -0.15) is 0 Å². The summed E-state index contributed by atoms with van der Waals surface area (Å²) in [4.78, 5) is 35.6. The van der Waals surface area contributed by atoms with Gasteiger partial charge in [0.2, 0.25) is 0 Å². The lowest BCUT2D eigenvalue weighted by Gasteiger charge is -2.41. The van der Waals surface area contributed by atoms with Crippen LogP contribution < -0.4 is 0 Å². The van der Waals surface area contributed by atoms with E-state index in [-0.39, 0.29) is 12.8 Å². The molecule has 13 nitrogen and oxygen atoms in total. The molecule has 6 unspecified atom stereocenters. The molecule has 0 amide bonds. The van der Waals surface area contributed by atoms with Gasteiger partial charge < -0.3 is 39.9 Å². The van der Waals surface area contributed by atoms with Crippen LogP contribution in [-0.2, 0) is 32.7 Å². The number of aliphatic hydroxyl groups excluding tert-OH is 5. The predicted molar refractivity (Wildman–Crippen MR) is 226 cm³/mol. The summed E-state index contributed by atoms with van der Waals surface area (Å²) in [5.74, 6) is -1.11. The van der Waals surface area contributed by atoms with Crippen LogP contribution in [0, 0.1) is 0 Å². The Morgan fingerprint density at radius 2 is 0.914 bits per heavy atom. The Balaban J connectivity index is 2.48. The molecule has 0 spiro atoms. The van der Waals surface area contributed by atoms with Crippen molar-refractivity contribution in [2.24, 2.45) is 0 Å². The summed E-state index contributed by atoms with van der Waals surface area (Å²) < 4.78 is 33.5. The second kappa shape index (κ2) is 35.0. The number of carbonyl (C=O) groups excluding carboxylic acids is 2. The molecule has 1 aliphatic rings. The van der Waals surface area contributed by atoms with Crippen LogP contribution in [0.3, 0.4) is 0 Å². The molecule has 6 N–H and O–H groups in total. The first kappa shape index (κ1) is 54.3. The average Bonchev–Trinajstić information content (AvgIpc) is 3.20. The third-order valence-electron chi connectivity index (χ3n) is 10.6. The molecule has 0 bridgehead atoms. The molecule has 1 fully saturated rings. The van der Waals surface area contributed by atoms with Crippen LogP contribution >= 0.6 is 7.82 Å². The number of carbonyl (C=O) groups is 2. The first-order chi connectivity index (χ1) is 27.9. The standard InChI is InChI=1S/C44H81O13P/c1-3-5-7-9-11-13-15-17-19-21-22-24-26-28-30-32-37(45)54-34-36(35-55-58(52,53)57-44-42(50)40(48)39(47)41(49)43(44)51)56-38(46)33-31-29-27-25-23-20-18-16-14-12-10-8-6-4-2/h13,15,17,19,36,39-44,47-51H,3-12,14,16,18,20-35H2,1-2H3,(H,52,53)/b15-13+,19-17+/t36-,39?,40-,41?,42?,43?,44?/m0/s1. The Hall–Kier alpha value is -1.67. The van der Waals surface area contributed by atoms with E-state index in [0.29, 0.717) is 12.8 Å². The molecule has 0 saturated heterocycles. The number of unbranched alkanes of at least 4 members (excludes halogenated alkanes) is 22. The second-order valence-corrected chi connectivity index (χ2v) is 17.3. The molecule has 8 atom stereocenters. The zero-order valence-electron chi connectivity index (χ0n) is 35.8. The lowest BCUT2D eigenvalue weighted by molar-refractivity contribution is -0.220. The molecule has 58 heavy (non-hydrogen) atoms. The lowest BCUT2D eigenvalue weighted by Crippen LogP contribution is -2.64. The van der Waals surface area contributed by atoms with Gasteiger partial charge in [0.05, 0.1) is 6.61 Å². The van der Waals surface area contributed by atoms with Crippen molar-refractivity contribution in [2.75, 3.05) is 13.2 Å². The van der Waals surface area contributed by atoms with E-state index in [4.69, 9.17) is 18.5 Å². The van der Waals surface area contributed by atoms with Gasteiger partial charge in [-0.05, 0) is 38.5 Å². The van der Waals surface area contributed by atoms with Gasteiger partial charge >= 0.3 is 19.8 Å². The zero-order chi connectivity index (χ0) is 42.9. The van der Waals surface area contributed by atoms with E-state index in [2.05, 4.69) is 38.2 Å². The second-order valence-electron chi connectivity index (χ2n) is 15.9. The van der Waals surface area contributed by atoms with Crippen molar-refractivity contribution in [1.29, 1.82) is 0 Å². The summed E-state index contributed by atoms with van der Waals surface area (Å²) in [6.45, 7) is 3.26. The lowest BCUT2D eigenvalue weighted by atomic mass is 9.85. The molecule has 0 heterocycles. The highest BCUT2D eigenvalue weighted by Gasteiger charge is 2.51. The third-order valence-corrected chi connectivity index (χ3v) is 11.6. The largest absolute Gasteiger partial charge is 0.472 e. The minimum atomic E-state index is -5.12. The van der Waals surface area contributed by atoms with Gasteiger partial charge in [0.25, 0.3) is 0 Å². The van der Waals surface area contributed by atoms with Crippen LogP contribution in [0.2, 0.25) is 0 Å². The average molecular weight is 849 g/mol. The van der Waals surface area contributed by atoms with Crippen LogP contribution in [-0.4, -0.2) is 98.3 Å². The highest BCUT2D eigenvalue weighted by Crippen LogP contribution is 2.47. The topological polar surface area (TPSA) is 210 Å². The van der Waals surface area contributed by atoms with Crippen molar-refractivity contribution >= 4 is 19.8 Å². The fourth-order valence-corrected chi connectivity index (χ4v) is 7.84. The number of allylic oxidation sites excluding steroid dienone is 4. The van der Waals surface area contributed by atoms with Crippen molar-refractivity contribution in [3.05, 3.63) is 24.3 Å². The van der Waals surface area contributed by atoms with Crippen molar-refractivity contribution < 1.29 is 63.1 Å². The van der Waals surface area contributed by atoms with Gasteiger partial charge in [-0.15, -0.1) is 0 Å². The van der Waals surface area contributed by atoms with Gasteiger partial charge in [0, 0.05) is 12.8 Å². The Morgan fingerprint density at radius 1 is 0.534 bits per heavy atom. The minimum Gasteiger partial charge on any atom is -0.462 e. The number of phosphoric acid groups is 1. The smallest absolute Gasteiger partial charge is 0.462 e. The molecule has 1 aliphatic carbocycles. The van der Waals surface area contributed by atoms with E-state index < -0.39 is 75.7 Å². The summed E-state index contributed by atoms with van der Waals surface area (Å²) in [5.41, 5.74) is 0. The number of ether oxygens (including phenoxy) is 2. The summed E-state index contributed by atoms with van der Waals surface area (Å²) in [7, 11) is -5.12. The Morgan fingerprint density at radius 3 is 1.38 bits per heavy atom. The third kappa shape index (κ3) is 27.2. The number of aliphatic hydroxyl groups is 5. The van der Waals surface area contributed by atoms with Crippen molar-refractivity contribution in [2.45, 2.75) is 230 Å². The number of hydrogen-bond donors (Lipinski definition) is 6. The number of hydrogen-bond acceptors (Lipinski definition) is 12. The van der Waals surface area contributed by atoms with Crippen LogP contribution in [0.25, 0.3) is 0 Å². The Labute approximate surface area is 349 Å². The minimum absolute atomic E-state index is 0.0972. The maximum Gasteiger partial charge on any atom is 0.472 e. The normalized spacial score (nSPS) is 22.7. The first-order valence-corrected chi connectivity index (χ1v) is 24.2. The molecular weight excluding hydrogens is 767 g/mol. The molecular formula is C44H81O13P. The summed E-state index contributed by atoms with van der Waals surface area (Å²) in [6, 6.07) is 0. The van der Waals surface area contributed by atoms with Crippen LogP contribution in [0.4, 0.5) is 0 Å². The molecule has 0 aromatic heterocycles. The monoisotopic (exact) mass is 849 g/mol. The fourth-order valence-electron chi connectivity index (χ4n) is 6.87. The van der Waals surface area contributed by atoms with Crippen LogP contribution in [0.5, 0.6) is 0 Å². The van der Waals surface area contributed by atoms with Gasteiger partial charge in [-0.1, -0.05) is 160 Å². The van der Waals surface area contributed by atoms with E-state index in [1.165, 1.54) is 83.5 Å². The molecule has 0 radical (unpaired) electrons. The van der Waals surface area contributed by atoms with Gasteiger partial charge in [0.1, 0.15) is 43.2 Å². The molecule has 1 saturated carbocycles. The van der Waals surface area contributed by atoms with Gasteiger partial charge in [-0.3, -0.25) is 18.6 Å². The van der Waals surface area contributed by atoms with Crippen LogP contribution in [0.15, 0.2) is 24.3 Å². The van der Waals surface area contributed by atoms with Gasteiger partial charge in [-0.25, -0.2) is 4.57 Å². The van der Waals surface area contributed by atoms with E-state index >= 15 is 0 Å². The molecule has 0 aromatic carbocycles. The Bertz CT molecular complexity index is 1120. The maximum atomic E-state index is 12.8. The van der Waals surface area contributed by atoms with Crippen molar-refractivity contribution in [1.82, 2.24) is 0 Å². The molecule has 0 aliphatic heterocycles. The Kier molecular flexibility index (Phi) is 32.8. The van der Waals surface area contributed by atoms with E-state index in [9.17, 15) is 44.6 Å². The molecule has 0 aromatic rings. The van der Waals surface area contributed by atoms with E-state index in [0.717, 1.165) is 64.2 Å². The fraction of sp³-hybridized carbons (Fsp3) is 0.864. The predicted octanol–water partition coefficient (Wildman–Crippen LogP) is 8.45. The number of phosphoric ester groups is 1. The first-order valence-electron chi connectivity index (χ1n) is 22.7. The number of esters is 2. The number of rotatable bonds is 37. The van der Waals surface area contributed by atoms with Crippen LogP contribution in [0.1, 0.15) is 187 Å². The SMILES string of the molecule is CCCCCC/C=C/C=C/CCCCCCCC(=O)OC[C@@H](COP(=O)(O)OC1C(O)C(O)C(O)[C@H](O)C1O)OC(=O)CCCCCCCCCCCCCCCC. The highest BCUT2D eigenvalue weighted by atomic mass is 31.2. The van der Waals surface area contributed by atoms with E-state index in [1.807, 2.05) is 0 Å². The van der Waals surface area contributed by atoms with E-state index in [1.54, 1.807) is 0 Å². The van der Waals surface area contributed by atoms with Gasteiger partial charge in [0.15, 0.2) is 6.10 Å². The van der Waals surface area contributed by atoms with Crippen molar-refractivity contribution in [3.8, 4) is 0 Å². The summed E-state index contributed by atoms with van der Waals surface area (Å²) in [5, 5.41) is 50.1. The van der Waals surface area contributed by atoms with Crippen molar-refractivity contribution in [3.63, 3.8) is 0 Å². The molecule has 340 valence electrons. The highest BCUT2D eigenvalue weighted by molar-refractivity contribution is 7.47. The maximum absolute atomic E-state index is 12.8. The quantitative estimate of drug-likeness (QED) is 0.0150. The summed E-state index contributed by atoms with van der Waals surface area (Å²) >= 11 is 0. The zero-order valence-corrected chi connectivity index (χ0v) is 36.7. The molecule has 14 heteroatoms. The molecule has 1 rings (SSSR count). The summed E-state index contributed by atoms with van der Waals surface area (Å²) in [6.07, 6.45) is 23.7.